The first-order chi connectivity index (χ1) is 10.8. The lowest BCUT2D eigenvalue weighted by molar-refractivity contribution is -0.134. The van der Waals surface area contributed by atoms with Crippen molar-refractivity contribution in [1.82, 2.24) is 19.4 Å². The van der Waals surface area contributed by atoms with E-state index in [-0.39, 0.29) is 5.91 Å². The number of carbonyl (C=O) groups excluding carboxylic acids is 1. The number of amides is 1. The van der Waals surface area contributed by atoms with Gasteiger partial charge in [0.15, 0.2) is 0 Å². The smallest absolute Gasteiger partial charge is 0.224 e. The zero-order valence-corrected chi connectivity index (χ0v) is 13.2. The van der Waals surface area contributed by atoms with Crippen LogP contribution >= 0.6 is 0 Å². The Labute approximate surface area is 131 Å². The summed E-state index contributed by atoms with van der Waals surface area (Å²) in [5, 5.41) is 0. The Bertz CT molecular complexity index is 630. The number of hydrogen-bond donors (Lipinski definition) is 0. The van der Waals surface area contributed by atoms with Crippen LogP contribution in [-0.2, 0) is 11.3 Å². The lowest BCUT2D eigenvalue weighted by Gasteiger charge is -2.33. The Morgan fingerprint density at radius 2 is 2.18 bits per heavy atom. The molecule has 2 aromatic heterocycles. The number of pyridine rings is 1. The molecule has 1 amide bonds. The van der Waals surface area contributed by atoms with Crippen molar-refractivity contribution in [3.63, 3.8) is 0 Å². The molecule has 118 valence electrons. The van der Waals surface area contributed by atoms with Gasteiger partial charge in [0, 0.05) is 31.7 Å². The Morgan fingerprint density at radius 1 is 1.36 bits per heavy atom. The van der Waals surface area contributed by atoms with Crippen LogP contribution in [0.15, 0.2) is 24.8 Å². The number of aryl methyl sites for hydroxylation is 1. The molecule has 1 aliphatic rings. The molecule has 0 atom stereocenters. The molecule has 3 rings (SSSR count). The summed E-state index contributed by atoms with van der Waals surface area (Å²) in [5.41, 5.74) is 1.93. The first-order valence-corrected chi connectivity index (χ1v) is 8.34. The van der Waals surface area contributed by atoms with Gasteiger partial charge in [0.25, 0.3) is 0 Å². The summed E-state index contributed by atoms with van der Waals surface area (Å²) in [5.74, 6) is 0.264. The van der Waals surface area contributed by atoms with E-state index in [9.17, 15) is 4.79 Å². The van der Waals surface area contributed by atoms with Gasteiger partial charge in [-0.3, -0.25) is 9.78 Å². The molecule has 2 aromatic rings. The minimum Gasteiger partial charge on any atom is -0.340 e. The highest BCUT2D eigenvalue weighted by atomic mass is 16.2. The number of carbonyl (C=O) groups is 1. The first kappa shape index (κ1) is 15.0. The van der Waals surface area contributed by atoms with Crippen molar-refractivity contribution in [1.29, 1.82) is 0 Å². The van der Waals surface area contributed by atoms with E-state index >= 15 is 0 Å². The maximum atomic E-state index is 12.6. The molecular formula is C17H24N4O. The monoisotopic (exact) mass is 300 g/mol. The summed E-state index contributed by atoms with van der Waals surface area (Å²) in [6.07, 6.45) is 12.0. The molecule has 5 heteroatoms. The van der Waals surface area contributed by atoms with Gasteiger partial charge >= 0.3 is 0 Å². The van der Waals surface area contributed by atoms with E-state index in [4.69, 9.17) is 0 Å². The lowest BCUT2D eigenvalue weighted by Crippen LogP contribution is -2.41. The van der Waals surface area contributed by atoms with Crippen molar-refractivity contribution in [3.8, 4) is 0 Å². The first-order valence-electron chi connectivity index (χ1n) is 8.34. The number of hydrogen-bond acceptors (Lipinski definition) is 3. The molecule has 5 nitrogen and oxygen atoms in total. The number of aromatic nitrogens is 3. The van der Waals surface area contributed by atoms with Crippen molar-refractivity contribution < 1.29 is 4.79 Å². The van der Waals surface area contributed by atoms with E-state index in [1.54, 1.807) is 12.5 Å². The number of rotatable bonds is 5. The fourth-order valence-electron chi connectivity index (χ4n) is 3.47. The molecule has 0 unspecified atom stereocenters. The Kier molecular flexibility index (Phi) is 4.71. The average molecular weight is 300 g/mol. The molecule has 0 bridgehead atoms. The van der Waals surface area contributed by atoms with Crippen LogP contribution in [0.25, 0.3) is 11.0 Å². The van der Waals surface area contributed by atoms with Gasteiger partial charge in [-0.15, -0.1) is 0 Å². The predicted octanol–water partition coefficient (Wildman–Crippen LogP) is 3.00. The highest BCUT2D eigenvalue weighted by Crippen LogP contribution is 2.23. The largest absolute Gasteiger partial charge is 0.340 e. The zero-order chi connectivity index (χ0) is 15.4. The zero-order valence-electron chi connectivity index (χ0n) is 13.2. The fraction of sp³-hybridized carbons (Fsp3) is 0.588. The molecule has 0 aromatic carbocycles. The molecule has 0 spiro atoms. The van der Waals surface area contributed by atoms with E-state index in [1.165, 1.54) is 19.3 Å². The fourth-order valence-corrected chi connectivity index (χ4v) is 3.47. The van der Waals surface area contributed by atoms with Crippen molar-refractivity contribution in [2.75, 3.05) is 6.54 Å². The van der Waals surface area contributed by atoms with Crippen LogP contribution in [0.5, 0.6) is 0 Å². The second-order valence-electron chi connectivity index (χ2n) is 6.02. The molecule has 1 aliphatic carbocycles. The summed E-state index contributed by atoms with van der Waals surface area (Å²) in [4.78, 5) is 23.2. The molecule has 0 radical (unpaired) electrons. The number of fused-ring (bicyclic) bond motifs is 1. The van der Waals surface area contributed by atoms with Gasteiger partial charge in [-0.1, -0.05) is 19.3 Å². The lowest BCUT2D eigenvalue weighted by atomic mass is 9.94. The average Bonchev–Trinajstić information content (AvgIpc) is 2.98. The third-order valence-corrected chi connectivity index (χ3v) is 4.67. The molecule has 0 N–H and O–H groups in total. The van der Waals surface area contributed by atoms with E-state index in [0.29, 0.717) is 19.0 Å². The summed E-state index contributed by atoms with van der Waals surface area (Å²) >= 11 is 0. The van der Waals surface area contributed by atoms with Gasteiger partial charge < -0.3 is 9.47 Å². The number of imidazole rings is 1. The van der Waals surface area contributed by atoms with Crippen LogP contribution in [0.1, 0.15) is 45.4 Å². The topological polar surface area (TPSA) is 51.0 Å². The van der Waals surface area contributed by atoms with Crippen LogP contribution in [0.4, 0.5) is 0 Å². The molecule has 0 saturated heterocycles. The Balaban J connectivity index is 1.63. The van der Waals surface area contributed by atoms with Gasteiger partial charge in [0.2, 0.25) is 5.91 Å². The van der Waals surface area contributed by atoms with Crippen molar-refractivity contribution >= 4 is 16.9 Å². The third kappa shape index (κ3) is 3.13. The quantitative estimate of drug-likeness (QED) is 0.853. The van der Waals surface area contributed by atoms with Gasteiger partial charge in [-0.25, -0.2) is 4.98 Å². The van der Waals surface area contributed by atoms with E-state index < -0.39 is 0 Å². The van der Waals surface area contributed by atoms with Crippen LogP contribution in [0.3, 0.4) is 0 Å². The molecule has 1 fully saturated rings. The third-order valence-electron chi connectivity index (χ3n) is 4.67. The number of nitrogens with zero attached hydrogens (tertiary/aromatic N) is 4. The molecule has 22 heavy (non-hydrogen) atoms. The van der Waals surface area contributed by atoms with Crippen LogP contribution in [0, 0.1) is 0 Å². The summed E-state index contributed by atoms with van der Waals surface area (Å²) in [7, 11) is 0. The van der Waals surface area contributed by atoms with Crippen molar-refractivity contribution in [2.45, 2.75) is 58.0 Å². The normalized spacial score (nSPS) is 16.0. The predicted molar refractivity (Wildman–Crippen MR) is 86.4 cm³/mol. The minimum atomic E-state index is 0.264. The SMILES string of the molecule is CCN(C(=O)CCn1cnc2ccncc21)C1CCCCC1. The molecule has 0 aliphatic heterocycles. The summed E-state index contributed by atoms with van der Waals surface area (Å²) in [6, 6.07) is 2.35. The van der Waals surface area contributed by atoms with E-state index in [0.717, 1.165) is 30.4 Å². The van der Waals surface area contributed by atoms with Gasteiger partial charge in [-0.05, 0) is 25.8 Å². The molecule has 2 heterocycles. The van der Waals surface area contributed by atoms with Crippen molar-refractivity contribution in [3.05, 3.63) is 24.8 Å². The maximum absolute atomic E-state index is 12.6. The standard InChI is InChI=1S/C17H24N4O/c1-2-21(14-6-4-3-5-7-14)17(22)9-11-20-13-19-15-8-10-18-12-16(15)20/h8,10,12-14H,2-7,9,11H2,1H3. The second kappa shape index (κ2) is 6.90. The Hall–Kier alpha value is -1.91. The minimum absolute atomic E-state index is 0.264. The highest BCUT2D eigenvalue weighted by molar-refractivity contribution is 5.77. The van der Waals surface area contributed by atoms with Gasteiger partial charge in [0.1, 0.15) is 0 Å². The summed E-state index contributed by atoms with van der Waals surface area (Å²) in [6.45, 7) is 3.57. The van der Waals surface area contributed by atoms with Crippen LogP contribution < -0.4 is 0 Å². The van der Waals surface area contributed by atoms with Gasteiger partial charge in [0.05, 0.1) is 23.6 Å². The van der Waals surface area contributed by atoms with E-state index in [2.05, 4.69) is 21.8 Å². The van der Waals surface area contributed by atoms with Crippen LogP contribution in [0.2, 0.25) is 0 Å². The van der Waals surface area contributed by atoms with Gasteiger partial charge in [-0.2, -0.15) is 0 Å². The maximum Gasteiger partial charge on any atom is 0.224 e. The molecule has 1 saturated carbocycles. The molecular weight excluding hydrogens is 276 g/mol. The Morgan fingerprint density at radius 3 is 2.95 bits per heavy atom. The van der Waals surface area contributed by atoms with E-state index in [1.807, 2.05) is 16.8 Å². The second-order valence-corrected chi connectivity index (χ2v) is 6.02. The highest BCUT2D eigenvalue weighted by Gasteiger charge is 2.23. The summed E-state index contributed by atoms with van der Waals surface area (Å²) < 4.78 is 2.02. The van der Waals surface area contributed by atoms with Crippen LogP contribution in [-0.4, -0.2) is 37.9 Å². The van der Waals surface area contributed by atoms with Crippen molar-refractivity contribution in [2.24, 2.45) is 0 Å².